The average Bonchev–Trinajstić information content (AvgIpc) is 1.62. The number of hydrogen-bond donors (Lipinski definition) is 10. The van der Waals surface area contributed by atoms with E-state index in [9.17, 15) is 0 Å². The van der Waals surface area contributed by atoms with Crippen LogP contribution in [0, 0.1) is 0 Å². The van der Waals surface area contributed by atoms with Crippen molar-refractivity contribution in [3.8, 4) is 44.5 Å². The number of urea groups is 4. The Morgan fingerprint density at radius 2 is 0.446 bits per heavy atom. The zero-order chi connectivity index (χ0) is 62.1. The number of benzene rings is 8. The predicted octanol–water partition coefficient (Wildman–Crippen LogP) is 16.8. The first-order valence-corrected chi connectivity index (χ1v) is 30.3. The Morgan fingerprint density at radius 3 is 0.674 bits per heavy atom. The number of carbonyl (C=O) groups is 4. The fourth-order valence-electron chi connectivity index (χ4n) is 12.9. The van der Waals surface area contributed by atoms with Gasteiger partial charge in [0.25, 0.3) is 0 Å². The van der Waals surface area contributed by atoms with Crippen molar-refractivity contribution < 1.29 is 19.2 Å². The van der Waals surface area contributed by atoms with E-state index in [1.165, 1.54) is 0 Å². The highest BCUT2D eigenvalue weighted by molar-refractivity contribution is 6.07. The standard InChI is InChI=1S/C76H58N12O4/c89-73-81-53-33-17-13-29-49(53)65-57-37-38-58(77-57)66(50-30-14-18-34-54(50)82-74(90)86-70(46-23-7-2-8-24-46)69(85-73)45-21-5-1-6-22-45)62-43-44-64(80-62)68-52-32-16-20-36-56(52)84-76(92)88-72(48-27-11-4-12-28-48)71(47-25-9-3-10-26-47)87-75(91)83-55-35-19-15-31-51(55)67(59-39-40-60(68)78-59)63-42-41-61(65)79-63/h1-44,69-72,79-80H,(H2,81,85,89)(H2,82,86,90)(H2,83,87,91)(H2,84,88,92)/t69-,70-,71-,72-/m0/s1. The van der Waals surface area contributed by atoms with Crippen molar-refractivity contribution in [1.29, 1.82) is 0 Å². The molecular formula is C76H58N12O4. The summed E-state index contributed by atoms with van der Waals surface area (Å²) in [6.45, 7) is 0. The van der Waals surface area contributed by atoms with E-state index >= 15 is 19.2 Å². The quantitative estimate of drug-likeness (QED) is 0.0825. The Labute approximate surface area is 528 Å². The van der Waals surface area contributed by atoms with Crippen LogP contribution in [0.15, 0.2) is 243 Å². The van der Waals surface area contributed by atoms with Gasteiger partial charge in [-0.1, -0.05) is 194 Å². The second-order valence-electron chi connectivity index (χ2n) is 22.6. The zero-order valence-electron chi connectivity index (χ0n) is 49.2. The van der Waals surface area contributed by atoms with Crippen LogP contribution in [-0.4, -0.2) is 44.1 Å². The molecule has 0 radical (unpaired) electrons. The van der Waals surface area contributed by atoms with Gasteiger partial charge in [0.05, 0.1) is 69.7 Å². The third-order valence-corrected chi connectivity index (χ3v) is 17.0. The van der Waals surface area contributed by atoms with Crippen molar-refractivity contribution in [1.82, 2.24) is 41.2 Å². The predicted molar refractivity (Wildman–Crippen MR) is 366 cm³/mol. The topological polar surface area (TPSA) is 222 Å². The van der Waals surface area contributed by atoms with Crippen LogP contribution in [0.4, 0.5) is 41.9 Å². The number of nitrogens with zero attached hydrogens (tertiary/aromatic N) is 2. The molecule has 4 atom stereocenters. The number of carbonyl (C=O) groups excluding carboxylic acids is 4. The van der Waals surface area contributed by atoms with E-state index < -0.39 is 48.3 Å². The summed E-state index contributed by atoms with van der Waals surface area (Å²) in [7, 11) is 0. The molecule has 7 heterocycles. The zero-order valence-corrected chi connectivity index (χ0v) is 49.2. The van der Waals surface area contributed by atoms with Crippen LogP contribution in [0.5, 0.6) is 0 Å². The first kappa shape index (κ1) is 56.0. The molecule has 0 fully saturated rings. The molecule has 12 bridgehead atoms. The van der Waals surface area contributed by atoms with Gasteiger partial charge < -0.3 is 52.5 Å². The van der Waals surface area contributed by atoms with Crippen molar-refractivity contribution >= 4 is 93.2 Å². The van der Waals surface area contributed by atoms with Gasteiger partial charge in [0.2, 0.25) is 0 Å². The van der Waals surface area contributed by atoms with Crippen molar-refractivity contribution in [2.45, 2.75) is 24.2 Å². The van der Waals surface area contributed by atoms with E-state index in [0.717, 1.165) is 22.3 Å². The maximum atomic E-state index is 15.0. The molecule has 3 aromatic heterocycles. The van der Waals surface area contributed by atoms with Gasteiger partial charge in [-0.2, -0.15) is 0 Å². The van der Waals surface area contributed by atoms with Crippen molar-refractivity contribution in [3.05, 3.63) is 288 Å². The summed E-state index contributed by atoms with van der Waals surface area (Å²) >= 11 is 0. The summed E-state index contributed by atoms with van der Waals surface area (Å²) in [6, 6.07) is 71.4. The highest BCUT2D eigenvalue weighted by atomic mass is 16.2. The van der Waals surface area contributed by atoms with Gasteiger partial charge in [0.15, 0.2) is 0 Å². The van der Waals surface area contributed by atoms with E-state index in [2.05, 4.69) is 52.5 Å². The van der Waals surface area contributed by atoms with E-state index in [1.807, 2.05) is 267 Å². The number of nitrogens with one attached hydrogen (secondary N) is 10. The monoisotopic (exact) mass is 1200 g/mol. The first-order chi connectivity index (χ1) is 45.2. The van der Waals surface area contributed by atoms with Crippen LogP contribution in [-0.2, 0) is 0 Å². The molecule has 10 N–H and O–H groups in total. The molecule has 92 heavy (non-hydrogen) atoms. The SMILES string of the molecule is O=C1Nc2ccccc2-c2c3nc(c(c4ccc([nH]4)c4c5nc(c(c6ccc2[nH]6)-c2ccccc2NC(=O)N[C@@H](c2ccccc2)[C@H](c2ccccc2)NC(=O)Nc2ccccc2-4)C=C5)-c2ccccc2NC(=O)N[C@@H](c2ccccc2)[C@H](c2ccccc2)N1)C=C3. The molecule has 0 saturated heterocycles. The van der Waals surface area contributed by atoms with Crippen LogP contribution in [0.1, 0.15) is 69.2 Å². The summed E-state index contributed by atoms with van der Waals surface area (Å²) in [5.41, 5.74) is 14.9. The lowest BCUT2D eigenvalue weighted by Crippen LogP contribution is -2.43. The van der Waals surface area contributed by atoms with E-state index in [-0.39, 0.29) is 0 Å². The fraction of sp³-hybridized carbons (Fsp3) is 0.0526. The van der Waals surface area contributed by atoms with E-state index in [1.54, 1.807) is 0 Å². The molecule has 0 spiro atoms. The van der Waals surface area contributed by atoms with Gasteiger partial charge in [-0.25, -0.2) is 29.1 Å². The maximum absolute atomic E-state index is 15.0. The van der Waals surface area contributed by atoms with Crippen molar-refractivity contribution in [2.24, 2.45) is 0 Å². The van der Waals surface area contributed by atoms with Crippen LogP contribution in [0.2, 0.25) is 0 Å². The largest absolute Gasteiger partial charge is 0.354 e. The summed E-state index contributed by atoms with van der Waals surface area (Å²) in [5, 5.41) is 26.0. The summed E-state index contributed by atoms with van der Waals surface area (Å²) in [6.07, 6.45) is 7.83. The smallest absolute Gasteiger partial charge is 0.319 e. The number of rotatable bonds is 4. The highest BCUT2D eigenvalue weighted by Gasteiger charge is 2.32. The molecule has 8 aromatic carbocycles. The van der Waals surface area contributed by atoms with Crippen LogP contribution < -0.4 is 42.5 Å². The van der Waals surface area contributed by atoms with Gasteiger partial charge in [-0.05, 0) is 95.1 Å². The third-order valence-electron chi connectivity index (χ3n) is 17.0. The Kier molecular flexibility index (Phi) is 14.7. The Hall–Kier alpha value is -12.6. The number of aromatic amines is 2. The molecule has 0 saturated carbocycles. The molecule has 11 aromatic rings. The normalized spacial score (nSPS) is 17.0. The Balaban J connectivity index is 1.03. The molecule has 446 valence electrons. The number of amides is 8. The number of H-pyrrole nitrogens is 2. The van der Waals surface area contributed by atoms with Crippen LogP contribution >= 0.6 is 0 Å². The molecule has 4 aliphatic rings. The summed E-state index contributed by atoms with van der Waals surface area (Å²) in [5.74, 6) is 0. The van der Waals surface area contributed by atoms with Gasteiger partial charge in [0.1, 0.15) is 0 Å². The molecule has 16 heteroatoms. The minimum Gasteiger partial charge on any atom is -0.354 e. The Morgan fingerprint density at radius 1 is 0.239 bits per heavy atom. The molecule has 0 aliphatic carbocycles. The molecule has 0 unspecified atom stereocenters. The van der Waals surface area contributed by atoms with Gasteiger partial charge in [-0.3, -0.25) is 0 Å². The van der Waals surface area contributed by atoms with Crippen LogP contribution in [0.25, 0.3) is 90.9 Å². The van der Waals surface area contributed by atoms with Crippen LogP contribution in [0.3, 0.4) is 0 Å². The molecule has 8 amide bonds. The minimum absolute atomic E-state index is 0.478. The Bertz CT molecular complexity index is 4340. The lowest BCUT2D eigenvalue weighted by atomic mass is 9.93. The number of aromatic nitrogens is 4. The second-order valence-corrected chi connectivity index (χ2v) is 22.6. The molecular weight excluding hydrogens is 1140 g/mol. The molecule has 16 nitrogen and oxygen atoms in total. The van der Waals surface area contributed by atoms with Gasteiger partial charge >= 0.3 is 24.1 Å². The number of para-hydroxylation sites is 4. The van der Waals surface area contributed by atoms with E-state index in [4.69, 9.17) is 9.97 Å². The van der Waals surface area contributed by atoms with E-state index in [0.29, 0.717) is 112 Å². The lowest BCUT2D eigenvalue weighted by molar-refractivity contribution is 0.236. The minimum atomic E-state index is -0.785. The number of anilines is 4. The summed E-state index contributed by atoms with van der Waals surface area (Å²) < 4.78 is 0. The van der Waals surface area contributed by atoms with Gasteiger partial charge in [0, 0.05) is 66.6 Å². The van der Waals surface area contributed by atoms with Crippen molar-refractivity contribution in [3.63, 3.8) is 0 Å². The molecule has 15 rings (SSSR count). The summed E-state index contributed by atoms with van der Waals surface area (Å²) in [4.78, 5) is 78.8. The van der Waals surface area contributed by atoms with Gasteiger partial charge in [-0.15, -0.1) is 0 Å². The fourth-order valence-corrected chi connectivity index (χ4v) is 12.9. The number of hydrogen-bond acceptors (Lipinski definition) is 6. The maximum Gasteiger partial charge on any atom is 0.319 e. The first-order valence-electron chi connectivity index (χ1n) is 30.3. The van der Waals surface area contributed by atoms with Crippen molar-refractivity contribution in [2.75, 3.05) is 21.3 Å². The third kappa shape index (κ3) is 10.9. The average molecular weight is 1200 g/mol. The number of fused-ring (bicyclic) bond motifs is 16. The second kappa shape index (κ2) is 24.2. The lowest BCUT2D eigenvalue weighted by Gasteiger charge is -2.30. The highest BCUT2D eigenvalue weighted by Crippen LogP contribution is 2.44. The molecule has 4 aliphatic heterocycles.